The van der Waals surface area contributed by atoms with Gasteiger partial charge in [0.15, 0.2) is 0 Å². The lowest BCUT2D eigenvalue weighted by Gasteiger charge is -2.31. The number of methoxy groups -OCH3 is 1. The molecule has 17 heavy (non-hydrogen) atoms. The molecule has 1 fully saturated rings. The first-order valence-corrected chi connectivity index (χ1v) is 6.03. The second kappa shape index (κ2) is 6.62. The molecule has 3 heteroatoms. The van der Waals surface area contributed by atoms with E-state index >= 15 is 0 Å². The van der Waals surface area contributed by atoms with Crippen LogP contribution in [0.2, 0.25) is 0 Å². The maximum atomic E-state index is 5.35. The minimum atomic E-state index is -0.0712. The van der Waals surface area contributed by atoms with Crippen molar-refractivity contribution in [3.63, 3.8) is 0 Å². The van der Waals surface area contributed by atoms with Gasteiger partial charge in [-0.05, 0) is 45.9 Å². The zero-order valence-corrected chi connectivity index (χ0v) is 11.2. The van der Waals surface area contributed by atoms with E-state index in [9.17, 15) is 0 Å². The molecule has 0 amide bonds. The van der Waals surface area contributed by atoms with Crippen molar-refractivity contribution < 1.29 is 9.47 Å². The molecular weight excluding hydrogens is 214 g/mol. The highest BCUT2D eigenvalue weighted by Crippen LogP contribution is 2.09. The molecule has 1 aromatic carbocycles. The van der Waals surface area contributed by atoms with Gasteiger partial charge in [-0.25, -0.2) is 0 Å². The second-order valence-corrected chi connectivity index (χ2v) is 4.66. The number of ether oxygens (including phenoxy) is 2. The molecule has 2 rings (SSSR count). The molecule has 0 saturated carbocycles. The van der Waals surface area contributed by atoms with Gasteiger partial charge >= 0.3 is 0 Å². The highest BCUT2D eigenvalue weighted by Gasteiger charge is 2.19. The lowest BCUT2D eigenvalue weighted by atomic mass is 10.2. The largest absolute Gasteiger partial charge is 0.497 e. The summed E-state index contributed by atoms with van der Waals surface area (Å²) in [7, 11) is 1.67. The molecule has 1 aliphatic heterocycles. The van der Waals surface area contributed by atoms with Gasteiger partial charge in [0.25, 0.3) is 0 Å². The number of rotatable bonds is 1. The van der Waals surface area contributed by atoms with Crippen LogP contribution >= 0.6 is 0 Å². The molecule has 0 spiro atoms. The van der Waals surface area contributed by atoms with Crippen LogP contribution in [0.4, 0.5) is 0 Å². The summed E-state index contributed by atoms with van der Waals surface area (Å²) in [6.45, 7) is 8.14. The summed E-state index contributed by atoms with van der Waals surface area (Å²) in [6, 6.07) is 7.96. The topological polar surface area (TPSA) is 30.5 Å². The monoisotopic (exact) mass is 237 g/mol. The highest BCUT2D eigenvalue weighted by atomic mass is 16.5. The Kier molecular flexibility index (Phi) is 5.45. The first-order valence-electron chi connectivity index (χ1n) is 6.03. The Morgan fingerprint density at radius 3 is 2.24 bits per heavy atom. The molecule has 1 heterocycles. The molecule has 1 N–H and O–H groups in total. The third-order valence-electron chi connectivity index (χ3n) is 2.59. The predicted octanol–water partition coefficient (Wildman–Crippen LogP) is 2.74. The van der Waals surface area contributed by atoms with E-state index in [-0.39, 0.29) is 5.72 Å². The Hall–Kier alpha value is -1.06. The maximum Gasteiger partial charge on any atom is 0.118 e. The Bertz CT molecular complexity index is 311. The Morgan fingerprint density at radius 2 is 1.88 bits per heavy atom. The standard InChI is InChI=1S/C8H10O.C6H13NO/c1-7-3-5-8(9-2)6-4-7;1-6(2)7-4-3-5-8-6/h3-6H,1-2H3;7H,3-5H2,1-2H3. The van der Waals surface area contributed by atoms with Crippen molar-refractivity contribution in [3.05, 3.63) is 29.8 Å². The maximum absolute atomic E-state index is 5.35. The number of hydrogen-bond acceptors (Lipinski definition) is 3. The Labute approximate surface area is 104 Å². The summed E-state index contributed by atoms with van der Waals surface area (Å²) in [4.78, 5) is 0. The average molecular weight is 237 g/mol. The SMILES string of the molecule is CC1(C)NCCCO1.COc1ccc(C)cc1. The number of benzene rings is 1. The van der Waals surface area contributed by atoms with E-state index in [1.54, 1.807) is 7.11 Å². The lowest BCUT2D eigenvalue weighted by molar-refractivity contribution is -0.0679. The molecule has 0 aliphatic carbocycles. The summed E-state index contributed by atoms with van der Waals surface area (Å²) in [5.41, 5.74) is 1.19. The third kappa shape index (κ3) is 5.71. The molecule has 0 atom stereocenters. The summed E-state index contributed by atoms with van der Waals surface area (Å²) in [6.07, 6.45) is 1.14. The normalized spacial score (nSPS) is 17.9. The minimum Gasteiger partial charge on any atom is -0.497 e. The van der Waals surface area contributed by atoms with Crippen LogP contribution in [0.25, 0.3) is 0 Å². The lowest BCUT2D eigenvalue weighted by Crippen LogP contribution is -2.46. The van der Waals surface area contributed by atoms with Gasteiger partial charge in [-0.15, -0.1) is 0 Å². The van der Waals surface area contributed by atoms with Crippen LogP contribution in [0.15, 0.2) is 24.3 Å². The van der Waals surface area contributed by atoms with Crippen molar-refractivity contribution in [3.8, 4) is 5.75 Å². The van der Waals surface area contributed by atoms with Crippen LogP contribution in [0.3, 0.4) is 0 Å². The summed E-state index contributed by atoms with van der Waals surface area (Å²) < 4.78 is 10.3. The smallest absolute Gasteiger partial charge is 0.118 e. The second-order valence-electron chi connectivity index (χ2n) is 4.66. The fraction of sp³-hybridized carbons (Fsp3) is 0.571. The van der Waals surface area contributed by atoms with Crippen molar-refractivity contribution >= 4 is 0 Å². The van der Waals surface area contributed by atoms with Gasteiger partial charge in [0.1, 0.15) is 11.5 Å². The van der Waals surface area contributed by atoms with Gasteiger partial charge in [-0.2, -0.15) is 0 Å². The van der Waals surface area contributed by atoms with E-state index in [1.807, 2.05) is 38.1 Å². The van der Waals surface area contributed by atoms with Crippen molar-refractivity contribution in [1.82, 2.24) is 5.32 Å². The van der Waals surface area contributed by atoms with E-state index < -0.39 is 0 Å². The summed E-state index contributed by atoms with van der Waals surface area (Å²) >= 11 is 0. The summed E-state index contributed by atoms with van der Waals surface area (Å²) in [5.74, 6) is 0.917. The van der Waals surface area contributed by atoms with Crippen molar-refractivity contribution in [2.75, 3.05) is 20.3 Å². The van der Waals surface area contributed by atoms with E-state index in [2.05, 4.69) is 12.2 Å². The number of aryl methyl sites for hydroxylation is 1. The Morgan fingerprint density at radius 1 is 1.24 bits per heavy atom. The van der Waals surface area contributed by atoms with Crippen LogP contribution in [-0.2, 0) is 4.74 Å². The molecule has 0 aromatic heterocycles. The molecule has 1 aromatic rings. The van der Waals surface area contributed by atoms with E-state index in [0.29, 0.717) is 0 Å². The van der Waals surface area contributed by atoms with Crippen molar-refractivity contribution in [2.24, 2.45) is 0 Å². The molecule has 0 unspecified atom stereocenters. The molecule has 1 saturated heterocycles. The van der Waals surface area contributed by atoms with Gasteiger partial charge < -0.3 is 9.47 Å². The predicted molar refractivity (Wildman–Crippen MR) is 70.4 cm³/mol. The fourth-order valence-corrected chi connectivity index (χ4v) is 1.51. The quantitative estimate of drug-likeness (QED) is 0.814. The third-order valence-corrected chi connectivity index (χ3v) is 2.59. The van der Waals surface area contributed by atoms with E-state index in [1.165, 1.54) is 5.56 Å². The van der Waals surface area contributed by atoms with Crippen LogP contribution in [0, 0.1) is 6.92 Å². The van der Waals surface area contributed by atoms with Gasteiger partial charge in [0.05, 0.1) is 13.7 Å². The zero-order chi connectivity index (χ0) is 12.7. The molecular formula is C14H23NO2. The molecule has 0 radical (unpaired) electrons. The average Bonchev–Trinajstić information content (AvgIpc) is 2.30. The van der Waals surface area contributed by atoms with Crippen LogP contribution < -0.4 is 10.1 Å². The molecule has 3 nitrogen and oxygen atoms in total. The first kappa shape index (κ1) is 14.0. The Balaban J connectivity index is 0.000000171. The van der Waals surface area contributed by atoms with Gasteiger partial charge in [0, 0.05) is 0 Å². The highest BCUT2D eigenvalue weighted by molar-refractivity contribution is 5.25. The van der Waals surface area contributed by atoms with E-state index in [0.717, 1.165) is 25.3 Å². The van der Waals surface area contributed by atoms with E-state index in [4.69, 9.17) is 9.47 Å². The molecule has 96 valence electrons. The zero-order valence-electron chi connectivity index (χ0n) is 11.2. The minimum absolute atomic E-state index is 0.0712. The van der Waals surface area contributed by atoms with Crippen LogP contribution in [0.1, 0.15) is 25.8 Å². The van der Waals surface area contributed by atoms with Gasteiger partial charge in [0.2, 0.25) is 0 Å². The van der Waals surface area contributed by atoms with Crippen LogP contribution in [-0.4, -0.2) is 26.0 Å². The number of nitrogens with one attached hydrogen (secondary N) is 1. The molecule has 1 aliphatic rings. The number of hydrogen-bond donors (Lipinski definition) is 1. The van der Waals surface area contributed by atoms with Gasteiger partial charge in [-0.3, -0.25) is 5.32 Å². The summed E-state index contributed by atoms with van der Waals surface area (Å²) in [5, 5.41) is 3.24. The van der Waals surface area contributed by atoms with Crippen LogP contribution in [0.5, 0.6) is 5.75 Å². The first-order chi connectivity index (χ1) is 8.03. The van der Waals surface area contributed by atoms with Crippen molar-refractivity contribution in [1.29, 1.82) is 0 Å². The fourth-order valence-electron chi connectivity index (χ4n) is 1.51. The van der Waals surface area contributed by atoms with Crippen molar-refractivity contribution in [2.45, 2.75) is 32.9 Å². The van der Waals surface area contributed by atoms with Gasteiger partial charge in [-0.1, -0.05) is 17.7 Å². The molecule has 0 bridgehead atoms.